The Morgan fingerprint density at radius 2 is 2.14 bits per heavy atom. The van der Waals surface area contributed by atoms with Gasteiger partial charge in [0, 0.05) is 11.3 Å². The molecule has 21 heavy (non-hydrogen) atoms. The normalized spacial score (nSPS) is 26.0. The summed E-state index contributed by atoms with van der Waals surface area (Å²) in [5, 5.41) is 2.83. The predicted molar refractivity (Wildman–Crippen MR) is 81.0 cm³/mol. The molecule has 2 aliphatic heterocycles. The monoisotopic (exact) mass is 306 g/mol. The zero-order valence-corrected chi connectivity index (χ0v) is 12.9. The summed E-state index contributed by atoms with van der Waals surface area (Å²) in [4.78, 5) is 25.7. The number of carbonyl (C=O) groups excluding carboxylic acids is 2. The summed E-state index contributed by atoms with van der Waals surface area (Å²) in [6.07, 6.45) is 0. The number of nitrogens with zero attached hydrogens (tertiary/aromatic N) is 1. The molecule has 2 amide bonds. The van der Waals surface area contributed by atoms with Gasteiger partial charge in [0.25, 0.3) is 5.91 Å². The van der Waals surface area contributed by atoms with Crippen molar-refractivity contribution in [1.29, 1.82) is 0 Å². The van der Waals surface area contributed by atoms with E-state index in [1.54, 1.807) is 23.9 Å². The number of carbonyl (C=O) groups is 2. The summed E-state index contributed by atoms with van der Waals surface area (Å²) in [6, 6.07) is 8.74. The van der Waals surface area contributed by atoms with Crippen LogP contribution < -0.4 is 10.1 Å². The van der Waals surface area contributed by atoms with Crippen LogP contribution in [0, 0.1) is 0 Å². The zero-order chi connectivity index (χ0) is 15.0. The maximum atomic E-state index is 12.0. The lowest BCUT2D eigenvalue weighted by molar-refractivity contribution is -0.148. The number of nitrogens with one attached hydrogen (secondary N) is 1. The van der Waals surface area contributed by atoms with E-state index < -0.39 is 6.04 Å². The Hall–Kier alpha value is -1.69. The van der Waals surface area contributed by atoms with Gasteiger partial charge in [0.05, 0.1) is 0 Å². The van der Waals surface area contributed by atoms with Gasteiger partial charge in [0.2, 0.25) is 5.91 Å². The minimum absolute atomic E-state index is 0.00568. The molecule has 0 radical (unpaired) electrons. The van der Waals surface area contributed by atoms with Crippen LogP contribution in [0.3, 0.4) is 0 Å². The summed E-state index contributed by atoms with van der Waals surface area (Å²) in [7, 11) is 0. The van der Waals surface area contributed by atoms with E-state index in [4.69, 9.17) is 4.74 Å². The van der Waals surface area contributed by atoms with Crippen molar-refractivity contribution in [3.05, 3.63) is 30.3 Å². The van der Waals surface area contributed by atoms with Crippen LogP contribution >= 0.6 is 11.8 Å². The average Bonchev–Trinajstić information content (AvgIpc) is 2.76. The van der Waals surface area contributed by atoms with E-state index in [1.807, 2.05) is 23.1 Å². The lowest BCUT2D eigenvalue weighted by atomic mass is 10.1. The predicted octanol–water partition coefficient (Wildman–Crippen LogP) is 1.24. The van der Waals surface area contributed by atoms with E-state index >= 15 is 0 Å². The first-order valence-corrected chi connectivity index (χ1v) is 7.80. The molecule has 5 nitrogen and oxygen atoms in total. The third kappa shape index (κ3) is 2.85. The van der Waals surface area contributed by atoms with Crippen molar-refractivity contribution < 1.29 is 14.3 Å². The average molecular weight is 306 g/mol. The number of hydrogen-bond donors (Lipinski definition) is 1. The van der Waals surface area contributed by atoms with E-state index in [2.05, 4.69) is 19.2 Å². The minimum Gasteiger partial charge on any atom is -0.484 e. The second-order valence-corrected chi connectivity index (χ2v) is 7.71. The second-order valence-electron chi connectivity index (χ2n) is 5.88. The highest BCUT2D eigenvalue weighted by atomic mass is 32.2. The number of thioether (sulfide) groups is 1. The van der Waals surface area contributed by atoms with E-state index in [9.17, 15) is 9.59 Å². The van der Waals surface area contributed by atoms with E-state index in [1.165, 1.54) is 0 Å². The van der Waals surface area contributed by atoms with E-state index in [0.717, 1.165) is 6.54 Å². The molecule has 3 rings (SSSR count). The van der Waals surface area contributed by atoms with Crippen LogP contribution in [0.2, 0.25) is 0 Å². The highest BCUT2D eigenvalue weighted by Gasteiger charge is 2.56. The van der Waals surface area contributed by atoms with Gasteiger partial charge in [0.15, 0.2) is 6.61 Å². The largest absolute Gasteiger partial charge is 0.484 e. The molecule has 0 spiro atoms. The standard InChI is InChI=1S/C15H18N2O3S/c1-15(2)9-17-13(19)12(14(17)21-15)16-11(18)8-20-10-6-4-3-5-7-10/h3-7,12,14H,8-9H2,1-2H3,(H,16,18). The Kier molecular flexibility index (Phi) is 3.57. The lowest BCUT2D eigenvalue weighted by Gasteiger charge is -2.41. The Bertz CT molecular complexity index is 561. The molecule has 1 aromatic rings. The SMILES string of the molecule is CC1(C)CN2C(=O)C(NC(=O)COc3ccccc3)C2S1. The number of rotatable bonds is 4. The number of benzene rings is 1. The molecule has 1 N–H and O–H groups in total. The number of hydrogen-bond acceptors (Lipinski definition) is 4. The van der Waals surface area contributed by atoms with Crippen LogP contribution in [0.25, 0.3) is 0 Å². The van der Waals surface area contributed by atoms with Gasteiger partial charge in [-0.05, 0) is 26.0 Å². The summed E-state index contributed by atoms with van der Waals surface area (Å²) < 4.78 is 5.44. The number of fused-ring (bicyclic) bond motifs is 1. The van der Waals surface area contributed by atoms with Crippen molar-refractivity contribution in [1.82, 2.24) is 10.2 Å². The molecular weight excluding hydrogens is 288 g/mol. The molecule has 0 aromatic heterocycles. The Balaban J connectivity index is 1.51. The highest BCUT2D eigenvalue weighted by molar-refractivity contribution is 8.01. The number of β-lactam (4-membered cyclic amide) rings is 1. The Morgan fingerprint density at radius 3 is 2.86 bits per heavy atom. The molecule has 2 aliphatic rings. The van der Waals surface area contributed by atoms with Crippen molar-refractivity contribution in [3.63, 3.8) is 0 Å². The summed E-state index contributed by atoms with van der Waals surface area (Å²) >= 11 is 1.74. The van der Waals surface area contributed by atoms with Crippen molar-refractivity contribution in [3.8, 4) is 5.75 Å². The van der Waals surface area contributed by atoms with Crippen LogP contribution in [0.1, 0.15) is 13.8 Å². The Morgan fingerprint density at radius 1 is 1.43 bits per heavy atom. The number of para-hydroxylation sites is 1. The molecule has 0 aliphatic carbocycles. The molecule has 0 bridgehead atoms. The molecule has 2 fully saturated rings. The van der Waals surface area contributed by atoms with Crippen LogP contribution in [-0.2, 0) is 9.59 Å². The van der Waals surface area contributed by atoms with Crippen molar-refractivity contribution in [2.75, 3.05) is 13.2 Å². The first-order chi connectivity index (χ1) is 9.96. The van der Waals surface area contributed by atoms with Crippen molar-refractivity contribution in [2.24, 2.45) is 0 Å². The maximum Gasteiger partial charge on any atom is 0.258 e. The highest BCUT2D eigenvalue weighted by Crippen LogP contribution is 2.46. The zero-order valence-electron chi connectivity index (χ0n) is 12.0. The maximum absolute atomic E-state index is 12.0. The molecule has 1 aromatic carbocycles. The number of ether oxygens (including phenoxy) is 1. The fourth-order valence-corrected chi connectivity index (χ4v) is 4.11. The van der Waals surface area contributed by atoms with Gasteiger partial charge in [-0.1, -0.05) is 18.2 Å². The van der Waals surface area contributed by atoms with Gasteiger partial charge in [-0.15, -0.1) is 11.8 Å². The fourth-order valence-electron chi connectivity index (χ4n) is 2.61. The molecule has 2 unspecified atom stereocenters. The van der Waals surface area contributed by atoms with Gasteiger partial charge in [-0.2, -0.15) is 0 Å². The van der Waals surface area contributed by atoms with Gasteiger partial charge < -0.3 is 15.0 Å². The minimum atomic E-state index is -0.413. The first kappa shape index (κ1) is 14.3. The van der Waals surface area contributed by atoms with Gasteiger partial charge in [-0.25, -0.2) is 0 Å². The van der Waals surface area contributed by atoms with Gasteiger partial charge >= 0.3 is 0 Å². The molecule has 0 saturated carbocycles. The molecule has 2 atom stereocenters. The third-order valence-electron chi connectivity index (χ3n) is 3.56. The van der Waals surface area contributed by atoms with Gasteiger partial charge in [0.1, 0.15) is 17.2 Å². The van der Waals surface area contributed by atoms with E-state index in [0.29, 0.717) is 5.75 Å². The lowest BCUT2D eigenvalue weighted by Crippen LogP contribution is -2.67. The molecule has 6 heteroatoms. The van der Waals surface area contributed by atoms with Crippen LogP contribution in [0.4, 0.5) is 0 Å². The van der Waals surface area contributed by atoms with Crippen molar-refractivity contribution >= 4 is 23.6 Å². The van der Waals surface area contributed by atoms with Crippen LogP contribution in [-0.4, -0.2) is 46.0 Å². The third-order valence-corrected chi connectivity index (χ3v) is 5.10. The molecule has 112 valence electrons. The summed E-state index contributed by atoms with van der Waals surface area (Å²) in [5.74, 6) is 0.388. The second kappa shape index (κ2) is 5.26. The fraction of sp³-hybridized carbons (Fsp3) is 0.467. The van der Waals surface area contributed by atoms with Crippen molar-refractivity contribution in [2.45, 2.75) is 30.0 Å². The smallest absolute Gasteiger partial charge is 0.258 e. The molecular formula is C15H18N2O3S. The van der Waals surface area contributed by atoms with Gasteiger partial charge in [-0.3, -0.25) is 9.59 Å². The number of amides is 2. The first-order valence-electron chi connectivity index (χ1n) is 6.92. The quantitative estimate of drug-likeness (QED) is 0.851. The van der Waals surface area contributed by atoms with Crippen LogP contribution in [0.15, 0.2) is 30.3 Å². The summed E-state index contributed by atoms with van der Waals surface area (Å²) in [5.41, 5.74) is 0. The topological polar surface area (TPSA) is 58.6 Å². The molecule has 2 saturated heterocycles. The summed E-state index contributed by atoms with van der Waals surface area (Å²) in [6.45, 7) is 4.89. The van der Waals surface area contributed by atoms with Crippen LogP contribution in [0.5, 0.6) is 5.75 Å². The molecule has 2 heterocycles. The Labute approximate surface area is 128 Å². The van der Waals surface area contributed by atoms with E-state index in [-0.39, 0.29) is 28.5 Å².